The molecule has 0 aromatic heterocycles. The van der Waals surface area contributed by atoms with Crippen molar-refractivity contribution in [2.24, 2.45) is 23.7 Å². The van der Waals surface area contributed by atoms with E-state index in [9.17, 15) is 0 Å². The summed E-state index contributed by atoms with van der Waals surface area (Å²) in [6.07, 6.45) is 20.5. The third-order valence-electron chi connectivity index (χ3n) is 6.28. The zero-order valence-corrected chi connectivity index (χ0v) is 12.4. The van der Waals surface area contributed by atoms with Crippen molar-refractivity contribution in [1.29, 1.82) is 0 Å². The predicted octanol–water partition coefficient (Wildman–Crippen LogP) is 5.30. The lowest BCUT2D eigenvalue weighted by Gasteiger charge is -2.39. The quantitative estimate of drug-likeness (QED) is 0.464. The van der Waals surface area contributed by atoms with E-state index in [2.05, 4.69) is 12.2 Å². The number of allylic oxidation sites excluding steroid dienone is 2. The van der Waals surface area contributed by atoms with Crippen LogP contribution in [0.4, 0.5) is 0 Å². The van der Waals surface area contributed by atoms with E-state index in [1.54, 1.807) is 0 Å². The molecule has 0 aromatic rings. The van der Waals surface area contributed by atoms with Crippen LogP contribution in [0.1, 0.15) is 70.6 Å². The smallest absolute Gasteiger partial charge is 0.0699 e. The van der Waals surface area contributed by atoms with E-state index in [1.165, 1.54) is 70.6 Å². The van der Waals surface area contributed by atoms with Crippen molar-refractivity contribution in [3.63, 3.8) is 0 Å². The Kier molecular flexibility index (Phi) is 4.71. The molecule has 0 amide bonds. The molecular weight excluding hydrogens is 227 g/mol. The van der Waals surface area contributed by atoms with Crippen molar-refractivity contribution in [2.75, 3.05) is 0 Å². The molecule has 0 N–H and O–H groups in total. The summed E-state index contributed by atoms with van der Waals surface area (Å²) in [7, 11) is 6.04. The zero-order valence-electron chi connectivity index (χ0n) is 12.4. The van der Waals surface area contributed by atoms with Gasteiger partial charge in [0, 0.05) is 0 Å². The highest BCUT2D eigenvalue weighted by Gasteiger charge is 2.32. The molecule has 2 fully saturated rings. The zero-order chi connectivity index (χ0) is 13.1. The van der Waals surface area contributed by atoms with Crippen molar-refractivity contribution in [3.8, 4) is 0 Å². The van der Waals surface area contributed by atoms with Gasteiger partial charge in [-0.2, -0.15) is 0 Å². The maximum Gasteiger partial charge on any atom is 0.0699 e. The molecule has 3 aliphatic rings. The molecule has 1 atom stereocenters. The van der Waals surface area contributed by atoms with Crippen molar-refractivity contribution in [1.82, 2.24) is 0 Å². The fourth-order valence-corrected chi connectivity index (χ4v) is 4.95. The van der Waals surface area contributed by atoms with E-state index >= 15 is 0 Å². The minimum absolute atomic E-state index is 0.515. The van der Waals surface area contributed by atoms with E-state index in [1.807, 2.05) is 0 Å². The van der Waals surface area contributed by atoms with Crippen LogP contribution in [0.3, 0.4) is 0 Å². The van der Waals surface area contributed by atoms with E-state index in [-0.39, 0.29) is 0 Å². The Morgan fingerprint density at radius 1 is 0.579 bits per heavy atom. The van der Waals surface area contributed by atoms with Gasteiger partial charge in [0.2, 0.25) is 0 Å². The average Bonchev–Trinajstić information content (AvgIpc) is 2.49. The van der Waals surface area contributed by atoms with Gasteiger partial charge in [-0.15, -0.1) is 0 Å². The second kappa shape index (κ2) is 6.50. The lowest BCUT2D eigenvalue weighted by Crippen LogP contribution is -2.28. The highest BCUT2D eigenvalue weighted by molar-refractivity contribution is 6.11. The molecular formula is C18H29B. The first kappa shape index (κ1) is 13.8. The standard InChI is InChI=1S/C18H29B/c19-18-12-10-17(11-13-18)16-8-6-15(7-9-16)14-4-2-1-3-5-14/h1-2,14-18H,3-13H2. The van der Waals surface area contributed by atoms with Gasteiger partial charge < -0.3 is 0 Å². The molecule has 1 unspecified atom stereocenters. The summed E-state index contributed by atoms with van der Waals surface area (Å²) in [4.78, 5) is 0. The summed E-state index contributed by atoms with van der Waals surface area (Å²) < 4.78 is 0. The van der Waals surface area contributed by atoms with Crippen molar-refractivity contribution in [3.05, 3.63) is 12.2 Å². The van der Waals surface area contributed by atoms with Gasteiger partial charge in [0.25, 0.3) is 0 Å². The largest absolute Gasteiger partial charge is 0.0885 e. The van der Waals surface area contributed by atoms with Gasteiger partial charge in [-0.1, -0.05) is 43.7 Å². The van der Waals surface area contributed by atoms with E-state index in [0.29, 0.717) is 5.82 Å². The highest BCUT2D eigenvalue weighted by atomic mass is 14.4. The lowest BCUT2D eigenvalue weighted by molar-refractivity contribution is 0.135. The Bertz CT molecular complexity index is 293. The SMILES string of the molecule is [B]C1CCC(C2CCC(C3CC=CCC3)CC2)CC1. The molecule has 3 rings (SSSR count). The van der Waals surface area contributed by atoms with Crippen LogP contribution >= 0.6 is 0 Å². The maximum absolute atomic E-state index is 6.04. The minimum atomic E-state index is 0.515. The van der Waals surface area contributed by atoms with Crippen molar-refractivity contribution < 1.29 is 0 Å². The number of hydrogen-bond donors (Lipinski definition) is 0. The minimum Gasteiger partial charge on any atom is -0.0885 e. The first-order valence-electron chi connectivity index (χ1n) is 8.73. The first-order chi connectivity index (χ1) is 9.33. The molecule has 0 aromatic carbocycles. The third kappa shape index (κ3) is 3.47. The second-order valence-corrected chi connectivity index (χ2v) is 7.39. The first-order valence-corrected chi connectivity index (χ1v) is 8.73. The van der Waals surface area contributed by atoms with Crippen LogP contribution in [-0.4, -0.2) is 7.85 Å². The van der Waals surface area contributed by atoms with E-state index in [0.717, 1.165) is 23.7 Å². The molecule has 0 heterocycles. The molecule has 19 heavy (non-hydrogen) atoms. The van der Waals surface area contributed by atoms with E-state index < -0.39 is 0 Å². The van der Waals surface area contributed by atoms with E-state index in [4.69, 9.17) is 7.85 Å². The molecule has 2 radical (unpaired) electrons. The van der Waals surface area contributed by atoms with Crippen LogP contribution in [0.15, 0.2) is 12.2 Å². The Hall–Kier alpha value is -0.195. The van der Waals surface area contributed by atoms with Crippen LogP contribution in [0.5, 0.6) is 0 Å². The average molecular weight is 256 g/mol. The molecule has 3 aliphatic carbocycles. The summed E-state index contributed by atoms with van der Waals surface area (Å²) in [5.41, 5.74) is 0. The monoisotopic (exact) mass is 256 g/mol. The van der Waals surface area contributed by atoms with Gasteiger partial charge in [-0.05, 0) is 68.6 Å². The summed E-state index contributed by atoms with van der Waals surface area (Å²) in [5, 5.41) is 0. The molecule has 0 saturated heterocycles. The molecule has 0 spiro atoms. The Morgan fingerprint density at radius 2 is 1.11 bits per heavy atom. The van der Waals surface area contributed by atoms with Crippen molar-refractivity contribution >= 4 is 7.85 Å². The van der Waals surface area contributed by atoms with Crippen LogP contribution in [0, 0.1) is 23.7 Å². The molecule has 0 aliphatic heterocycles. The fourth-order valence-electron chi connectivity index (χ4n) is 4.95. The van der Waals surface area contributed by atoms with Gasteiger partial charge in [-0.25, -0.2) is 0 Å². The number of hydrogen-bond acceptors (Lipinski definition) is 0. The molecule has 2 saturated carbocycles. The van der Waals surface area contributed by atoms with Crippen LogP contribution in [0.25, 0.3) is 0 Å². The topological polar surface area (TPSA) is 0 Å². The molecule has 0 nitrogen and oxygen atoms in total. The maximum atomic E-state index is 6.04. The van der Waals surface area contributed by atoms with Gasteiger partial charge in [0.15, 0.2) is 0 Å². The molecule has 104 valence electrons. The van der Waals surface area contributed by atoms with Crippen LogP contribution in [-0.2, 0) is 0 Å². The molecule has 0 bridgehead atoms. The van der Waals surface area contributed by atoms with Gasteiger partial charge >= 0.3 is 0 Å². The Balaban J connectivity index is 1.45. The lowest BCUT2D eigenvalue weighted by atomic mass is 9.64. The highest BCUT2D eigenvalue weighted by Crippen LogP contribution is 2.44. The number of rotatable bonds is 2. The summed E-state index contributed by atoms with van der Waals surface area (Å²) >= 11 is 0. The summed E-state index contributed by atoms with van der Waals surface area (Å²) in [5.74, 6) is 4.65. The molecule has 1 heteroatoms. The van der Waals surface area contributed by atoms with Crippen LogP contribution < -0.4 is 0 Å². The fraction of sp³-hybridized carbons (Fsp3) is 0.889. The van der Waals surface area contributed by atoms with Crippen molar-refractivity contribution in [2.45, 2.75) is 76.4 Å². The van der Waals surface area contributed by atoms with Gasteiger partial charge in [-0.3, -0.25) is 0 Å². The predicted molar refractivity (Wildman–Crippen MR) is 83.4 cm³/mol. The summed E-state index contributed by atoms with van der Waals surface area (Å²) in [6.45, 7) is 0. The Morgan fingerprint density at radius 3 is 1.63 bits per heavy atom. The third-order valence-corrected chi connectivity index (χ3v) is 6.28. The summed E-state index contributed by atoms with van der Waals surface area (Å²) in [6, 6.07) is 0. The van der Waals surface area contributed by atoms with Gasteiger partial charge in [0.1, 0.15) is 0 Å². The second-order valence-electron chi connectivity index (χ2n) is 7.39. The van der Waals surface area contributed by atoms with Crippen LogP contribution in [0.2, 0.25) is 5.82 Å². The normalized spacial score (nSPS) is 44.1. The Labute approximate surface area is 120 Å². The van der Waals surface area contributed by atoms with Gasteiger partial charge in [0.05, 0.1) is 7.85 Å².